The standard InChI is InChI=1S/C14H26N4O/c1-9-10(15)16-12(13(2,3)4)17-11(9)18-14(5,6)7-8-19/h19H,7-8H2,1-6H3,(H3,15,16,17,18). The van der Waals surface area contributed by atoms with Crippen molar-refractivity contribution in [3.8, 4) is 0 Å². The van der Waals surface area contributed by atoms with Crippen LogP contribution < -0.4 is 11.1 Å². The van der Waals surface area contributed by atoms with Crippen molar-refractivity contribution in [2.24, 2.45) is 0 Å². The van der Waals surface area contributed by atoms with Crippen LogP contribution in [0.15, 0.2) is 0 Å². The second-order valence-electron chi connectivity index (χ2n) is 6.64. The summed E-state index contributed by atoms with van der Waals surface area (Å²) in [6.45, 7) is 12.2. The third-order valence-electron chi connectivity index (χ3n) is 3.05. The molecule has 0 radical (unpaired) electrons. The number of aliphatic hydroxyl groups is 1. The van der Waals surface area contributed by atoms with E-state index in [1.165, 1.54) is 0 Å². The van der Waals surface area contributed by atoms with Gasteiger partial charge >= 0.3 is 0 Å². The van der Waals surface area contributed by atoms with E-state index >= 15 is 0 Å². The maximum absolute atomic E-state index is 9.09. The lowest BCUT2D eigenvalue weighted by Crippen LogP contribution is -2.33. The minimum atomic E-state index is -0.241. The fourth-order valence-corrected chi connectivity index (χ4v) is 1.65. The van der Waals surface area contributed by atoms with E-state index in [9.17, 15) is 0 Å². The van der Waals surface area contributed by atoms with Gasteiger partial charge in [0.2, 0.25) is 0 Å². The van der Waals surface area contributed by atoms with Crippen LogP contribution in [0.3, 0.4) is 0 Å². The SMILES string of the molecule is Cc1c(N)nc(C(C)(C)C)nc1NC(C)(C)CCO. The zero-order chi connectivity index (χ0) is 14.8. The molecule has 1 aromatic heterocycles. The summed E-state index contributed by atoms with van der Waals surface area (Å²) < 4.78 is 0. The van der Waals surface area contributed by atoms with Crippen molar-refractivity contribution in [1.29, 1.82) is 0 Å². The van der Waals surface area contributed by atoms with Gasteiger partial charge in [-0.1, -0.05) is 20.8 Å². The van der Waals surface area contributed by atoms with E-state index in [2.05, 4.69) is 36.1 Å². The number of anilines is 2. The number of hydrogen-bond donors (Lipinski definition) is 3. The average molecular weight is 266 g/mol. The molecule has 5 nitrogen and oxygen atoms in total. The predicted octanol–water partition coefficient (Wildman–Crippen LogP) is 2.24. The van der Waals surface area contributed by atoms with E-state index in [1.807, 2.05) is 20.8 Å². The highest BCUT2D eigenvalue weighted by Gasteiger charge is 2.23. The average Bonchev–Trinajstić information content (AvgIpc) is 2.22. The van der Waals surface area contributed by atoms with Gasteiger partial charge in [0.05, 0.1) is 0 Å². The molecule has 0 bridgehead atoms. The van der Waals surface area contributed by atoms with Crippen LogP contribution in [0, 0.1) is 6.92 Å². The monoisotopic (exact) mass is 266 g/mol. The number of rotatable bonds is 4. The number of nitrogen functional groups attached to an aromatic ring is 1. The Morgan fingerprint density at radius 2 is 1.74 bits per heavy atom. The molecule has 5 heteroatoms. The lowest BCUT2D eigenvalue weighted by molar-refractivity contribution is 0.260. The van der Waals surface area contributed by atoms with Gasteiger partial charge in [-0.25, -0.2) is 9.97 Å². The molecule has 0 spiro atoms. The topological polar surface area (TPSA) is 84.1 Å². The fourth-order valence-electron chi connectivity index (χ4n) is 1.65. The Kier molecular flexibility index (Phi) is 4.40. The third-order valence-corrected chi connectivity index (χ3v) is 3.05. The highest BCUT2D eigenvalue weighted by molar-refractivity contribution is 5.56. The molecular weight excluding hydrogens is 240 g/mol. The van der Waals surface area contributed by atoms with Crippen molar-refractivity contribution in [1.82, 2.24) is 9.97 Å². The molecule has 1 heterocycles. The molecule has 0 aromatic carbocycles. The van der Waals surface area contributed by atoms with Gasteiger partial charge in [-0.15, -0.1) is 0 Å². The Hall–Kier alpha value is -1.36. The number of aliphatic hydroxyl groups excluding tert-OH is 1. The lowest BCUT2D eigenvalue weighted by Gasteiger charge is -2.28. The number of nitrogens with two attached hydrogens (primary N) is 1. The van der Waals surface area contributed by atoms with Crippen LogP contribution in [0.25, 0.3) is 0 Å². The van der Waals surface area contributed by atoms with Gasteiger partial charge in [0, 0.05) is 23.1 Å². The normalized spacial score (nSPS) is 12.6. The lowest BCUT2D eigenvalue weighted by atomic mass is 9.95. The van der Waals surface area contributed by atoms with Crippen LogP contribution in [0.4, 0.5) is 11.6 Å². The van der Waals surface area contributed by atoms with Crippen molar-refractivity contribution >= 4 is 11.6 Å². The van der Waals surface area contributed by atoms with Crippen LogP contribution in [-0.4, -0.2) is 27.2 Å². The van der Waals surface area contributed by atoms with E-state index in [0.717, 1.165) is 17.2 Å². The Morgan fingerprint density at radius 1 is 1.16 bits per heavy atom. The molecule has 4 N–H and O–H groups in total. The molecule has 0 atom stereocenters. The molecule has 0 saturated carbocycles. The summed E-state index contributed by atoms with van der Waals surface area (Å²) in [4.78, 5) is 8.95. The number of nitrogens with zero attached hydrogens (tertiary/aromatic N) is 2. The summed E-state index contributed by atoms with van der Waals surface area (Å²) in [5.74, 6) is 1.97. The summed E-state index contributed by atoms with van der Waals surface area (Å²) in [6.07, 6.45) is 0.640. The van der Waals surface area contributed by atoms with Gasteiger partial charge in [-0.3, -0.25) is 0 Å². The highest BCUT2D eigenvalue weighted by atomic mass is 16.3. The van der Waals surface area contributed by atoms with Crippen molar-refractivity contribution in [2.45, 2.75) is 58.9 Å². The van der Waals surface area contributed by atoms with E-state index in [0.29, 0.717) is 12.2 Å². The first-order valence-corrected chi connectivity index (χ1v) is 6.60. The maximum atomic E-state index is 9.09. The second-order valence-corrected chi connectivity index (χ2v) is 6.64. The Balaban J connectivity index is 3.17. The minimum Gasteiger partial charge on any atom is -0.396 e. The third kappa shape index (κ3) is 4.06. The highest BCUT2D eigenvalue weighted by Crippen LogP contribution is 2.27. The summed E-state index contributed by atoms with van der Waals surface area (Å²) >= 11 is 0. The summed E-state index contributed by atoms with van der Waals surface area (Å²) in [7, 11) is 0. The molecule has 1 rings (SSSR count). The van der Waals surface area contributed by atoms with Crippen molar-refractivity contribution < 1.29 is 5.11 Å². The van der Waals surface area contributed by atoms with Crippen LogP contribution in [-0.2, 0) is 5.41 Å². The maximum Gasteiger partial charge on any atom is 0.138 e. The van der Waals surface area contributed by atoms with E-state index < -0.39 is 0 Å². The van der Waals surface area contributed by atoms with Gasteiger partial charge in [-0.05, 0) is 27.2 Å². The van der Waals surface area contributed by atoms with Gasteiger partial charge in [0.1, 0.15) is 17.5 Å². The van der Waals surface area contributed by atoms with Crippen molar-refractivity contribution in [3.05, 3.63) is 11.4 Å². The quantitative estimate of drug-likeness (QED) is 0.778. The molecule has 0 aliphatic heterocycles. The number of hydrogen-bond acceptors (Lipinski definition) is 5. The molecule has 0 aliphatic carbocycles. The van der Waals surface area contributed by atoms with E-state index in [-0.39, 0.29) is 17.6 Å². The van der Waals surface area contributed by atoms with Gasteiger partial charge in [-0.2, -0.15) is 0 Å². The number of nitrogens with one attached hydrogen (secondary N) is 1. The molecule has 0 fully saturated rings. The number of aromatic nitrogens is 2. The first-order chi connectivity index (χ1) is 8.57. The second kappa shape index (κ2) is 5.33. The molecule has 19 heavy (non-hydrogen) atoms. The van der Waals surface area contributed by atoms with Crippen LogP contribution in [0.2, 0.25) is 0 Å². The van der Waals surface area contributed by atoms with Gasteiger partial charge in [0.25, 0.3) is 0 Å². The molecule has 0 unspecified atom stereocenters. The zero-order valence-electron chi connectivity index (χ0n) is 12.8. The van der Waals surface area contributed by atoms with Crippen LogP contribution >= 0.6 is 0 Å². The summed E-state index contributed by atoms with van der Waals surface area (Å²) in [5.41, 5.74) is 6.42. The molecular formula is C14H26N4O. The fraction of sp³-hybridized carbons (Fsp3) is 0.714. The summed E-state index contributed by atoms with van der Waals surface area (Å²) in [6, 6.07) is 0. The molecule has 0 saturated heterocycles. The van der Waals surface area contributed by atoms with Crippen molar-refractivity contribution in [2.75, 3.05) is 17.7 Å². The minimum absolute atomic E-state index is 0.131. The molecule has 1 aromatic rings. The van der Waals surface area contributed by atoms with Gasteiger partial charge in [0.15, 0.2) is 0 Å². The largest absolute Gasteiger partial charge is 0.396 e. The first-order valence-electron chi connectivity index (χ1n) is 6.60. The van der Waals surface area contributed by atoms with E-state index in [4.69, 9.17) is 10.8 Å². The molecule has 0 amide bonds. The molecule has 0 aliphatic rings. The molecule has 108 valence electrons. The van der Waals surface area contributed by atoms with E-state index in [1.54, 1.807) is 0 Å². The predicted molar refractivity (Wildman–Crippen MR) is 79.3 cm³/mol. The van der Waals surface area contributed by atoms with Gasteiger partial charge < -0.3 is 16.2 Å². The Bertz CT molecular complexity index is 449. The smallest absolute Gasteiger partial charge is 0.138 e. The van der Waals surface area contributed by atoms with Crippen LogP contribution in [0.5, 0.6) is 0 Å². The van der Waals surface area contributed by atoms with Crippen molar-refractivity contribution in [3.63, 3.8) is 0 Å². The Morgan fingerprint density at radius 3 is 2.21 bits per heavy atom. The first kappa shape index (κ1) is 15.7. The zero-order valence-corrected chi connectivity index (χ0v) is 12.8. The Labute approximate surface area is 115 Å². The summed E-state index contributed by atoms with van der Waals surface area (Å²) in [5, 5.41) is 12.4. The van der Waals surface area contributed by atoms with Crippen LogP contribution in [0.1, 0.15) is 52.4 Å².